The van der Waals surface area contributed by atoms with Crippen molar-refractivity contribution in [2.24, 2.45) is 0 Å². The van der Waals surface area contributed by atoms with E-state index in [1.54, 1.807) is 6.07 Å². The smallest absolute Gasteiger partial charge is 0.221 e. The second kappa shape index (κ2) is 3.58. The summed E-state index contributed by atoms with van der Waals surface area (Å²) < 4.78 is 13.8. The number of aryl methyl sites for hydroxylation is 1. The topological polar surface area (TPSA) is 29.1 Å². The van der Waals surface area contributed by atoms with Crippen LogP contribution in [0.4, 0.5) is 4.39 Å². The molecule has 1 aliphatic rings. The summed E-state index contributed by atoms with van der Waals surface area (Å²) >= 11 is 0. The number of halogens is 1. The molecule has 2 nitrogen and oxygen atoms in total. The second-order valence-corrected chi connectivity index (χ2v) is 5.05. The molecule has 1 aromatic carbocycles. The minimum Gasteiger partial charge on any atom is -0.351 e. The molecule has 1 aromatic rings. The largest absolute Gasteiger partial charge is 0.351 e. The molecule has 1 atom stereocenters. The third-order valence-corrected chi connectivity index (χ3v) is 3.25. The molecular formula is C13H16FNO. The summed E-state index contributed by atoms with van der Waals surface area (Å²) in [5.41, 5.74) is 1.29. The van der Waals surface area contributed by atoms with E-state index in [2.05, 4.69) is 5.32 Å². The third-order valence-electron chi connectivity index (χ3n) is 3.25. The summed E-state index contributed by atoms with van der Waals surface area (Å²) in [6.07, 6.45) is 0.368. The highest BCUT2D eigenvalue weighted by molar-refractivity contribution is 5.81. The zero-order valence-corrected chi connectivity index (χ0v) is 9.80. The van der Waals surface area contributed by atoms with Crippen LogP contribution in [0.15, 0.2) is 18.2 Å². The van der Waals surface area contributed by atoms with Gasteiger partial charge in [-0.3, -0.25) is 4.79 Å². The van der Waals surface area contributed by atoms with Gasteiger partial charge in [0.2, 0.25) is 5.91 Å². The van der Waals surface area contributed by atoms with Crippen molar-refractivity contribution >= 4 is 5.91 Å². The molecule has 0 aliphatic carbocycles. The van der Waals surface area contributed by atoms with Crippen LogP contribution in [-0.4, -0.2) is 11.4 Å². The molecule has 0 saturated carbocycles. The average Bonchev–Trinajstić information content (AvgIpc) is 2.43. The van der Waals surface area contributed by atoms with E-state index in [1.165, 1.54) is 6.07 Å². The summed E-state index contributed by atoms with van der Waals surface area (Å²) in [6, 6.07) is 5.06. The van der Waals surface area contributed by atoms with Crippen molar-refractivity contribution in [3.05, 3.63) is 35.1 Å². The van der Waals surface area contributed by atoms with Crippen molar-refractivity contribution in [1.82, 2.24) is 5.32 Å². The van der Waals surface area contributed by atoms with Gasteiger partial charge < -0.3 is 5.32 Å². The van der Waals surface area contributed by atoms with Gasteiger partial charge in [0.1, 0.15) is 5.82 Å². The molecule has 1 fully saturated rings. The number of hydrogen-bond acceptors (Lipinski definition) is 1. The van der Waals surface area contributed by atoms with Crippen LogP contribution in [0.1, 0.15) is 37.3 Å². The van der Waals surface area contributed by atoms with E-state index < -0.39 is 0 Å². The van der Waals surface area contributed by atoms with Crippen molar-refractivity contribution in [3.63, 3.8) is 0 Å². The fraction of sp³-hybridized carbons (Fsp3) is 0.462. The first-order valence-corrected chi connectivity index (χ1v) is 5.47. The van der Waals surface area contributed by atoms with E-state index in [1.807, 2.05) is 26.8 Å². The van der Waals surface area contributed by atoms with Crippen LogP contribution in [0, 0.1) is 12.7 Å². The van der Waals surface area contributed by atoms with E-state index in [-0.39, 0.29) is 23.2 Å². The van der Waals surface area contributed by atoms with E-state index >= 15 is 0 Å². The molecule has 3 heteroatoms. The Morgan fingerprint density at radius 2 is 2.12 bits per heavy atom. The van der Waals surface area contributed by atoms with E-state index in [0.717, 1.165) is 5.56 Å². The highest BCUT2D eigenvalue weighted by atomic mass is 19.1. The molecule has 1 N–H and O–H groups in total. The van der Waals surface area contributed by atoms with Crippen LogP contribution >= 0.6 is 0 Å². The molecule has 2 rings (SSSR count). The van der Waals surface area contributed by atoms with Crippen molar-refractivity contribution in [3.8, 4) is 0 Å². The van der Waals surface area contributed by atoms with E-state index in [9.17, 15) is 9.18 Å². The zero-order valence-electron chi connectivity index (χ0n) is 9.80. The van der Waals surface area contributed by atoms with E-state index in [0.29, 0.717) is 12.0 Å². The maximum Gasteiger partial charge on any atom is 0.221 e. The average molecular weight is 221 g/mol. The van der Waals surface area contributed by atoms with Crippen LogP contribution in [-0.2, 0) is 4.79 Å². The lowest BCUT2D eigenvalue weighted by Crippen LogP contribution is -2.38. The van der Waals surface area contributed by atoms with Gasteiger partial charge in [-0.1, -0.05) is 17.7 Å². The van der Waals surface area contributed by atoms with Crippen molar-refractivity contribution in [1.29, 1.82) is 0 Å². The van der Waals surface area contributed by atoms with Gasteiger partial charge in [-0.05, 0) is 32.4 Å². The van der Waals surface area contributed by atoms with Gasteiger partial charge in [-0.2, -0.15) is 0 Å². The quantitative estimate of drug-likeness (QED) is 0.775. The predicted octanol–water partition coefficient (Wildman–Crippen LogP) is 2.52. The van der Waals surface area contributed by atoms with Crippen LogP contribution in [0.25, 0.3) is 0 Å². The highest BCUT2D eigenvalue weighted by Crippen LogP contribution is 2.37. The van der Waals surface area contributed by atoms with Crippen LogP contribution in [0.5, 0.6) is 0 Å². The Hall–Kier alpha value is -1.38. The summed E-state index contributed by atoms with van der Waals surface area (Å²) in [5, 5.41) is 2.88. The number of carbonyl (C=O) groups is 1. The van der Waals surface area contributed by atoms with Crippen molar-refractivity contribution in [2.75, 3.05) is 0 Å². The molecule has 0 bridgehead atoms. The molecule has 1 unspecified atom stereocenters. The third kappa shape index (κ3) is 1.82. The normalized spacial score (nSPS) is 23.2. The standard InChI is InChI=1S/C13H16FNO/c1-8-4-5-11(14)9(6-8)10-7-12(16)15-13(10,2)3/h4-6,10H,7H2,1-3H3,(H,15,16). The molecule has 1 heterocycles. The maximum absolute atomic E-state index is 13.8. The first-order valence-electron chi connectivity index (χ1n) is 5.47. The summed E-state index contributed by atoms with van der Waals surface area (Å²) in [6.45, 7) is 5.80. The Kier molecular flexibility index (Phi) is 2.49. The number of carbonyl (C=O) groups excluding carboxylic acids is 1. The SMILES string of the molecule is Cc1ccc(F)c(C2CC(=O)NC2(C)C)c1. The lowest BCUT2D eigenvalue weighted by atomic mass is 9.82. The van der Waals surface area contributed by atoms with Crippen molar-refractivity contribution in [2.45, 2.75) is 38.6 Å². The second-order valence-electron chi connectivity index (χ2n) is 5.05. The van der Waals surface area contributed by atoms with Crippen molar-refractivity contribution < 1.29 is 9.18 Å². The van der Waals surface area contributed by atoms with Crippen LogP contribution in [0.2, 0.25) is 0 Å². The molecule has 1 saturated heterocycles. The Morgan fingerprint density at radius 3 is 2.69 bits per heavy atom. The summed E-state index contributed by atoms with van der Waals surface area (Å²) in [7, 11) is 0. The molecule has 0 radical (unpaired) electrons. The molecule has 1 aliphatic heterocycles. The summed E-state index contributed by atoms with van der Waals surface area (Å²) in [5.74, 6) is -0.309. The lowest BCUT2D eigenvalue weighted by molar-refractivity contribution is -0.119. The fourth-order valence-electron chi connectivity index (χ4n) is 2.37. The van der Waals surface area contributed by atoms with Gasteiger partial charge in [0.05, 0.1) is 0 Å². The predicted molar refractivity (Wildman–Crippen MR) is 60.7 cm³/mol. The monoisotopic (exact) mass is 221 g/mol. The Bertz CT molecular complexity index is 440. The van der Waals surface area contributed by atoms with Gasteiger partial charge in [-0.25, -0.2) is 4.39 Å². The highest BCUT2D eigenvalue weighted by Gasteiger charge is 2.41. The number of benzene rings is 1. The number of hydrogen-bond donors (Lipinski definition) is 1. The van der Waals surface area contributed by atoms with Gasteiger partial charge in [0, 0.05) is 17.9 Å². The minimum absolute atomic E-state index is 0.00379. The fourth-order valence-corrected chi connectivity index (χ4v) is 2.37. The maximum atomic E-state index is 13.8. The molecule has 1 amide bonds. The first kappa shape index (κ1) is 11.1. The molecule has 86 valence electrons. The number of amides is 1. The van der Waals surface area contributed by atoms with E-state index in [4.69, 9.17) is 0 Å². The molecular weight excluding hydrogens is 205 g/mol. The Balaban J connectivity index is 2.44. The number of nitrogens with one attached hydrogen (secondary N) is 1. The minimum atomic E-state index is -0.369. The van der Waals surface area contributed by atoms with Gasteiger partial charge in [0.25, 0.3) is 0 Å². The van der Waals surface area contributed by atoms with Gasteiger partial charge in [0.15, 0.2) is 0 Å². The molecule has 16 heavy (non-hydrogen) atoms. The molecule has 0 aromatic heterocycles. The molecule has 0 spiro atoms. The first-order chi connectivity index (χ1) is 7.40. The zero-order chi connectivity index (χ0) is 11.9. The van der Waals surface area contributed by atoms with Gasteiger partial charge >= 0.3 is 0 Å². The number of rotatable bonds is 1. The Labute approximate surface area is 94.9 Å². The van der Waals surface area contributed by atoms with Gasteiger partial charge in [-0.15, -0.1) is 0 Å². The summed E-state index contributed by atoms with van der Waals surface area (Å²) in [4.78, 5) is 11.4. The lowest BCUT2D eigenvalue weighted by Gasteiger charge is -2.27. The van der Waals surface area contributed by atoms with Crippen LogP contribution < -0.4 is 5.32 Å². The Morgan fingerprint density at radius 1 is 1.44 bits per heavy atom. The van der Waals surface area contributed by atoms with Crippen LogP contribution in [0.3, 0.4) is 0 Å².